The van der Waals surface area contributed by atoms with Gasteiger partial charge in [-0.15, -0.1) is 0 Å². The number of amides is 2. The Bertz CT molecular complexity index is 629. The molecule has 7 nitrogen and oxygen atoms in total. The van der Waals surface area contributed by atoms with E-state index in [-0.39, 0.29) is 30.7 Å². The molecule has 1 aliphatic rings. The molecular formula is C20H28N2O5. The summed E-state index contributed by atoms with van der Waals surface area (Å²) in [5.74, 6) is -1.82. The first-order valence-electron chi connectivity index (χ1n) is 9.34. The van der Waals surface area contributed by atoms with Crippen molar-refractivity contribution in [3.8, 4) is 0 Å². The molecule has 1 fully saturated rings. The van der Waals surface area contributed by atoms with E-state index in [9.17, 15) is 19.5 Å². The topological polar surface area (TPSA) is 95.9 Å². The Morgan fingerprint density at radius 1 is 1.22 bits per heavy atom. The number of carboxylic acid groups (broad SMARTS) is 1. The molecule has 1 aliphatic heterocycles. The predicted octanol–water partition coefficient (Wildman–Crippen LogP) is 1.67. The van der Waals surface area contributed by atoms with E-state index in [2.05, 4.69) is 5.32 Å². The van der Waals surface area contributed by atoms with E-state index in [4.69, 9.17) is 4.74 Å². The number of ether oxygens (including phenoxy) is 1. The van der Waals surface area contributed by atoms with E-state index in [0.29, 0.717) is 39.1 Å². The molecule has 1 atom stereocenters. The molecule has 148 valence electrons. The zero-order chi connectivity index (χ0) is 19.6. The van der Waals surface area contributed by atoms with Gasteiger partial charge in [0.15, 0.2) is 0 Å². The van der Waals surface area contributed by atoms with Crippen LogP contribution >= 0.6 is 0 Å². The van der Waals surface area contributed by atoms with Crippen molar-refractivity contribution in [2.45, 2.75) is 32.7 Å². The van der Waals surface area contributed by atoms with Crippen LogP contribution in [0.4, 0.5) is 0 Å². The van der Waals surface area contributed by atoms with Crippen LogP contribution in [-0.4, -0.2) is 54.1 Å². The maximum absolute atomic E-state index is 12.2. The summed E-state index contributed by atoms with van der Waals surface area (Å²) in [5.41, 5.74) is 0.999. The van der Waals surface area contributed by atoms with Gasteiger partial charge >= 0.3 is 5.97 Å². The molecule has 7 heteroatoms. The molecule has 27 heavy (non-hydrogen) atoms. The third kappa shape index (κ3) is 7.02. The molecule has 1 saturated heterocycles. The van der Waals surface area contributed by atoms with Gasteiger partial charge in [-0.1, -0.05) is 30.3 Å². The molecule has 0 radical (unpaired) electrons. The van der Waals surface area contributed by atoms with Crippen LogP contribution in [0.2, 0.25) is 0 Å². The molecular weight excluding hydrogens is 348 g/mol. The third-order valence-electron chi connectivity index (χ3n) is 4.94. The lowest BCUT2D eigenvalue weighted by Gasteiger charge is -2.27. The SMILES string of the molecule is CC(=O)N(CCC(=O)NCC(C(=O)O)C1CCOCC1)Cc1ccccc1. The molecule has 0 bridgehead atoms. The number of nitrogens with one attached hydrogen (secondary N) is 1. The number of carbonyl (C=O) groups is 3. The minimum Gasteiger partial charge on any atom is -0.481 e. The van der Waals surface area contributed by atoms with Gasteiger partial charge in [-0.2, -0.15) is 0 Å². The largest absolute Gasteiger partial charge is 0.481 e. The van der Waals surface area contributed by atoms with Crippen LogP contribution in [0.5, 0.6) is 0 Å². The van der Waals surface area contributed by atoms with Gasteiger partial charge < -0.3 is 20.1 Å². The number of rotatable bonds is 9. The number of benzene rings is 1. The van der Waals surface area contributed by atoms with Gasteiger partial charge in [0.25, 0.3) is 0 Å². The van der Waals surface area contributed by atoms with Gasteiger partial charge in [0.05, 0.1) is 5.92 Å². The highest BCUT2D eigenvalue weighted by molar-refractivity contribution is 5.79. The van der Waals surface area contributed by atoms with Crippen LogP contribution in [0, 0.1) is 11.8 Å². The standard InChI is InChI=1S/C20H28N2O5/c1-15(23)22(14-16-5-3-2-4-6-16)10-7-19(24)21-13-18(20(25)26)17-8-11-27-12-9-17/h2-6,17-18H,7-14H2,1H3,(H,21,24)(H,25,26). The average Bonchev–Trinajstić information content (AvgIpc) is 2.66. The van der Waals surface area contributed by atoms with Crippen molar-refractivity contribution in [2.75, 3.05) is 26.3 Å². The molecule has 0 aliphatic carbocycles. The number of hydrogen-bond acceptors (Lipinski definition) is 4. The van der Waals surface area contributed by atoms with Gasteiger partial charge in [-0.25, -0.2) is 0 Å². The summed E-state index contributed by atoms with van der Waals surface area (Å²) in [6.07, 6.45) is 1.54. The molecule has 0 spiro atoms. The van der Waals surface area contributed by atoms with Gasteiger partial charge in [0.1, 0.15) is 0 Å². The first-order valence-corrected chi connectivity index (χ1v) is 9.34. The van der Waals surface area contributed by atoms with E-state index in [1.807, 2.05) is 30.3 Å². The zero-order valence-corrected chi connectivity index (χ0v) is 15.7. The van der Waals surface area contributed by atoms with Crippen molar-refractivity contribution >= 4 is 17.8 Å². The average molecular weight is 376 g/mol. The molecule has 1 heterocycles. The molecule has 1 aromatic carbocycles. The van der Waals surface area contributed by atoms with E-state index in [0.717, 1.165) is 5.56 Å². The molecule has 1 aromatic rings. The minimum atomic E-state index is -0.892. The Morgan fingerprint density at radius 2 is 1.89 bits per heavy atom. The quantitative estimate of drug-likeness (QED) is 0.683. The van der Waals surface area contributed by atoms with Crippen LogP contribution in [0.15, 0.2) is 30.3 Å². The lowest BCUT2D eigenvalue weighted by molar-refractivity contribution is -0.145. The van der Waals surface area contributed by atoms with Crippen molar-refractivity contribution < 1.29 is 24.2 Å². The first kappa shape index (κ1) is 20.9. The normalized spacial score (nSPS) is 15.7. The summed E-state index contributed by atoms with van der Waals surface area (Å²) in [5, 5.41) is 12.2. The molecule has 1 unspecified atom stereocenters. The Morgan fingerprint density at radius 3 is 2.48 bits per heavy atom. The fourth-order valence-corrected chi connectivity index (χ4v) is 3.27. The first-order chi connectivity index (χ1) is 13.0. The fourth-order valence-electron chi connectivity index (χ4n) is 3.27. The van der Waals surface area contributed by atoms with Gasteiger partial charge in [0.2, 0.25) is 11.8 Å². The number of aliphatic carboxylic acids is 1. The maximum atomic E-state index is 12.2. The monoisotopic (exact) mass is 376 g/mol. The fraction of sp³-hybridized carbons (Fsp3) is 0.550. The van der Waals surface area contributed by atoms with Crippen molar-refractivity contribution in [1.29, 1.82) is 0 Å². The molecule has 2 rings (SSSR count). The van der Waals surface area contributed by atoms with E-state index in [1.165, 1.54) is 6.92 Å². The Balaban J connectivity index is 1.80. The second kappa shape index (κ2) is 10.7. The predicted molar refractivity (Wildman–Crippen MR) is 99.8 cm³/mol. The van der Waals surface area contributed by atoms with Crippen LogP contribution in [-0.2, 0) is 25.7 Å². The Labute approximate surface area is 159 Å². The Hall–Kier alpha value is -2.41. The summed E-state index contributed by atoms with van der Waals surface area (Å²) in [4.78, 5) is 37.1. The highest BCUT2D eigenvalue weighted by Gasteiger charge is 2.30. The van der Waals surface area contributed by atoms with Crippen molar-refractivity contribution in [1.82, 2.24) is 10.2 Å². The van der Waals surface area contributed by atoms with E-state index < -0.39 is 11.9 Å². The Kier molecular flexibility index (Phi) is 8.26. The number of hydrogen-bond donors (Lipinski definition) is 2. The lowest BCUT2D eigenvalue weighted by atomic mass is 9.86. The maximum Gasteiger partial charge on any atom is 0.308 e. The van der Waals surface area contributed by atoms with Gasteiger partial charge in [-0.3, -0.25) is 14.4 Å². The highest BCUT2D eigenvalue weighted by atomic mass is 16.5. The number of nitrogens with zero attached hydrogens (tertiary/aromatic N) is 1. The third-order valence-corrected chi connectivity index (χ3v) is 4.94. The van der Waals surface area contributed by atoms with Crippen molar-refractivity contribution in [2.24, 2.45) is 11.8 Å². The van der Waals surface area contributed by atoms with Crippen LogP contribution in [0.3, 0.4) is 0 Å². The smallest absolute Gasteiger partial charge is 0.308 e. The van der Waals surface area contributed by atoms with Crippen molar-refractivity contribution in [3.05, 3.63) is 35.9 Å². The van der Waals surface area contributed by atoms with Crippen LogP contribution in [0.25, 0.3) is 0 Å². The molecule has 2 N–H and O–H groups in total. The van der Waals surface area contributed by atoms with E-state index in [1.54, 1.807) is 4.90 Å². The molecule has 0 saturated carbocycles. The summed E-state index contributed by atoms with van der Waals surface area (Å²) in [6, 6.07) is 9.58. The van der Waals surface area contributed by atoms with Crippen LogP contribution < -0.4 is 5.32 Å². The molecule has 0 aromatic heterocycles. The summed E-state index contributed by atoms with van der Waals surface area (Å²) >= 11 is 0. The number of carboxylic acids is 1. The summed E-state index contributed by atoms with van der Waals surface area (Å²) < 4.78 is 5.27. The van der Waals surface area contributed by atoms with Crippen molar-refractivity contribution in [3.63, 3.8) is 0 Å². The van der Waals surface area contributed by atoms with Gasteiger partial charge in [-0.05, 0) is 24.3 Å². The second-order valence-electron chi connectivity index (χ2n) is 6.87. The summed E-state index contributed by atoms with van der Waals surface area (Å²) in [7, 11) is 0. The molecule has 2 amide bonds. The van der Waals surface area contributed by atoms with Crippen LogP contribution in [0.1, 0.15) is 31.7 Å². The second-order valence-corrected chi connectivity index (χ2v) is 6.87. The minimum absolute atomic E-state index is 0.0170. The summed E-state index contributed by atoms with van der Waals surface area (Å²) in [6.45, 7) is 3.46. The zero-order valence-electron chi connectivity index (χ0n) is 15.7. The highest BCUT2D eigenvalue weighted by Crippen LogP contribution is 2.23. The van der Waals surface area contributed by atoms with Gasteiger partial charge in [0, 0.05) is 46.2 Å². The lowest BCUT2D eigenvalue weighted by Crippen LogP contribution is -2.40. The number of carbonyl (C=O) groups excluding carboxylic acids is 2. The van der Waals surface area contributed by atoms with E-state index >= 15 is 0 Å².